The summed E-state index contributed by atoms with van der Waals surface area (Å²) in [5.41, 5.74) is 3.35. The zero-order valence-electron chi connectivity index (χ0n) is 15.0. The van der Waals surface area contributed by atoms with Crippen molar-refractivity contribution in [3.63, 3.8) is 0 Å². The monoisotopic (exact) mass is 339 g/mol. The number of hydrogen-bond donors (Lipinski definition) is 0. The minimum absolute atomic E-state index is 0.560. The number of nitrogens with zero attached hydrogens (tertiary/aromatic N) is 5. The van der Waals surface area contributed by atoms with E-state index in [2.05, 4.69) is 38.1 Å². The van der Waals surface area contributed by atoms with E-state index in [0.29, 0.717) is 24.3 Å². The molecule has 3 heterocycles. The fourth-order valence-electron chi connectivity index (χ4n) is 3.36. The average Bonchev–Trinajstić information content (AvgIpc) is 3.49. The molecule has 1 aliphatic carbocycles. The van der Waals surface area contributed by atoms with Gasteiger partial charge in [-0.05, 0) is 51.5 Å². The standard InChI is InChI=1S/C19H25N5O/c1-13-14(2)20-12-21-19(13)24-9-7-15(8-10-24)11-25-18-6-5-17(22-23-18)16-3-4-16/h5-6,12,15-16H,3-4,7-11H2,1-2H3. The first-order valence-corrected chi connectivity index (χ1v) is 9.20. The van der Waals surface area contributed by atoms with Gasteiger partial charge in [0.1, 0.15) is 12.1 Å². The molecule has 25 heavy (non-hydrogen) atoms. The van der Waals surface area contributed by atoms with Crippen molar-refractivity contribution in [3.05, 3.63) is 35.4 Å². The summed E-state index contributed by atoms with van der Waals surface area (Å²) in [5.74, 6) is 2.92. The Balaban J connectivity index is 1.28. The van der Waals surface area contributed by atoms with Gasteiger partial charge >= 0.3 is 0 Å². The van der Waals surface area contributed by atoms with E-state index in [4.69, 9.17) is 4.74 Å². The van der Waals surface area contributed by atoms with Crippen molar-refractivity contribution in [2.45, 2.75) is 45.4 Å². The predicted octanol–water partition coefficient (Wildman–Crippen LogP) is 3.06. The van der Waals surface area contributed by atoms with Crippen molar-refractivity contribution in [2.24, 2.45) is 5.92 Å². The number of rotatable bonds is 5. The molecule has 1 saturated heterocycles. The molecule has 6 heteroatoms. The second-order valence-corrected chi connectivity index (χ2v) is 7.22. The maximum Gasteiger partial charge on any atom is 0.233 e. The SMILES string of the molecule is Cc1ncnc(N2CCC(COc3ccc(C4CC4)nn3)CC2)c1C. The normalized spacial score (nSPS) is 18.4. The maximum absolute atomic E-state index is 5.87. The summed E-state index contributed by atoms with van der Waals surface area (Å²) in [6.45, 7) is 6.88. The van der Waals surface area contributed by atoms with Crippen LogP contribution in [0, 0.1) is 19.8 Å². The van der Waals surface area contributed by atoms with E-state index in [1.807, 2.05) is 13.0 Å². The fraction of sp³-hybridized carbons (Fsp3) is 0.579. The van der Waals surface area contributed by atoms with Gasteiger partial charge in [0.2, 0.25) is 5.88 Å². The molecule has 0 radical (unpaired) electrons. The molecule has 2 fully saturated rings. The van der Waals surface area contributed by atoms with Crippen LogP contribution in [0.4, 0.5) is 5.82 Å². The first kappa shape index (κ1) is 16.2. The highest BCUT2D eigenvalue weighted by atomic mass is 16.5. The predicted molar refractivity (Wildman–Crippen MR) is 95.9 cm³/mol. The Bertz CT molecular complexity index is 721. The molecular weight excluding hydrogens is 314 g/mol. The average molecular weight is 339 g/mol. The molecule has 0 unspecified atom stereocenters. The topological polar surface area (TPSA) is 64.0 Å². The van der Waals surface area contributed by atoms with Crippen molar-refractivity contribution in [3.8, 4) is 5.88 Å². The number of aryl methyl sites for hydroxylation is 1. The van der Waals surface area contributed by atoms with Gasteiger partial charge in [-0.3, -0.25) is 0 Å². The smallest absolute Gasteiger partial charge is 0.233 e. The molecule has 2 aromatic rings. The zero-order chi connectivity index (χ0) is 17.2. The Kier molecular flexibility index (Phi) is 4.51. The van der Waals surface area contributed by atoms with Crippen molar-refractivity contribution >= 4 is 5.82 Å². The first-order chi connectivity index (χ1) is 12.2. The van der Waals surface area contributed by atoms with Crippen LogP contribution < -0.4 is 9.64 Å². The second kappa shape index (κ2) is 6.94. The lowest BCUT2D eigenvalue weighted by atomic mass is 9.97. The minimum Gasteiger partial charge on any atom is -0.476 e. The molecular formula is C19H25N5O. The molecule has 0 spiro atoms. The summed E-state index contributed by atoms with van der Waals surface area (Å²) < 4.78 is 5.87. The van der Waals surface area contributed by atoms with Gasteiger partial charge in [0.05, 0.1) is 12.3 Å². The summed E-state index contributed by atoms with van der Waals surface area (Å²) in [7, 11) is 0. The maximum atomic E-state index is 5.87. The van der Waals surface area contributed by atoms with E-state index in [1.165, 1.54) is 18.4 Å². The van der Waals surface area contributed by atoms with Crippen LogP contribution in [-0.2, 0) is 0 Å². The van der Waals surface area contributed by atoms with Crippen molar-refractivity contribution < 1.29 is 4.74 Å². The van der Waals surface area contributed by atoms with Gasteiger partial charge in [-0.15, -0.1) is 5.10 Å². The van der Waals surface area contributed by atoms with Crippen molar-refractivity contribution in [1.29, 1.82) is 0 Å². The van der Waals surface area contributed by atoms with Crippen LogP contribution in [0.25, 0.3) is 0 Å². The molecule has 0 atom stereocenters. The molecule has 0 aromatic carbocycles. The lowest BCUT2D eigenvalue weighted by molar-refractivity contribution is 0.214. The van der Waals surface area contributed by atoms with E-state index < -0.39 is 0 Å². The van der Waals surface area contributed by atoms with E-state index in [0.717, 1.165) is 43.1 Å². The largest absolute Gasteiger partial charge is 0.476 e. The van der Waals surface area contributed by atoms with Crippen LogP contribution in [-0.4, -0.2) is 39.9 Å². The number of hydrogen-bond acceptors (Lipinski definition) is 6. The Morgan fingerprint density at radius 3 is 2.52 bits per heavy atom. The van der Waals surface area contributed by atoms with Crippen LogP contribution in [0.2, 0.25) is 0 Å². The highest BCUT2D eigenvalue weighted by molar-refractivity contribution is 5.47. The van der Waals surface area contributed by atoms with E-state index >= 15 is 0 Å². The van der Waals surface area contributed by atoms with Gasteiger partial charge < -0.3 is 9.64 Å². The lowest BCUT2D eigenvalue weighted by Gasteiger charge is -2.33. The molecule has 2 aliphatic rings. The number of piperidine rings is 1. The van der Waals surface area contributed by atoms with E-state index in [9.17, 15) is 0 Å². The molecule has 0 N–H and O–H groups in total. The third-order valence-corrected chi connectivity index (χ3v) is 5.35. The van der Waals surface area contributed by atoms with Gasteiger partial charge in [-0.25, -0.2) is 9.97 Å². The highest BCUT2D eigenvalue weighted by Crippen LogP contribution is 2.38. The lowest BCUT2D eigenvalue weighted by Crippen LogP contribution is -2.36. The van der Waals surface area contributed by atoms with Crippen molar-refractivity contribution in [2.75, 3.05) is 24.6 Å². The molecule has 132 valence electrons. The fourth-order valence-corrected chi connectivity index (χ4v) is 3.36. The van der Waals surface area contributed by atoms with Crippen molar-refractivity contribution in [1.82, 2.24) is 20.2 Å². The molecule has 0 amide bonds. The molecule has 2 aromatic heterocycles. The van der Waals surface area contributed by atoms with Crippen LogP contribution in [0.5, 0.6) is 5.88 Å². The van der Waals surface area contributed by atoms with Gasteiger partial charge in [0.15, 0.2) is 0 Å². The van der Waals surface area contributed by atoms with Gasteiger partial charge in [-0.2, -0.15) is 5.10 Å². The summed E-state index contributed by atoms with van der Waals surface area (Å²) in [6, 6.07) is 4.02. The number of anilines is 1. The number of aromatic nitrogens is 4. The Hall–Kier alpha value is -2.24. The van der Waals surface area contributed by atoms with Gasteiger partial charge in [0, 0.05) is 36.3 Å². The van der Waals surface area contributed by atoms with E-state index in [-0.39, 0.29) is 0 Å². The molecule has 1 saturated carbocycles. The molecule has 0 bridgehead atoms. The zero-order valence-corrected chi connectivity index (χ0v) is 15.0. The number of ether oxygens (including phenoxy) is 1. The van der Waals surface area contributed by atoms with Crippen LogP contribution in [0.3, 0.4) is 0 Å². The minimum atomic E-state index is 0.560. The molecule has 4 rings (SSSR count). The Morgan fingerprint density at radius 1 is 1.04 bits per heavy atom. The summed E-state index contributed by atoms with van der Waals surface area (Å²) in [5, 5.41) is 8.49. The van der Waals surface area contributed by atoms with E-state index in [1.54, 1.807) is 6.33 Å². The highest BCUT2D eigenvalue weighted by Gasteiger charge is 2.25. The quantitative estimate of drug-likeness (QED) is 0.834. The Labute approximate surface area is 148 Å². The van der Waals surface area contributed by atoms with Gasteiger partial charge in [-0.1, -0.05) is 0 Å². The third kappa shape index (κ3) is 3.72. The van der Waals surface area contributed by atoms with Crippen LogP contribution >= 0.6 is 0 Å². The summed E-state index contributed by atoms with van der Waals surface area (Å²) >= 11 is 0. The summed E-state index contributed by atoms with van der Waals surface area (Å²) in [4.78, 5) is 11.1. The summed E-state index contributed by atoms with van der Waals surface area (Å²) in [6.07, 6.45) is 6.38. The second-order valence-electron chi connectivity index (χ2n) is 7.22. The van der Waals surface area contributed by atoms with Crippen LogP contribution in [0.1, 0.15) is 48.6 Å². The first-order valence-electron chi connectivity index (χ1n) is 9.20. The Morgan fingerprint density at radius 2 is 1.84 bits per heavy atom. The molecule has 1 aliphatic heterocycles. The third-order valence-electron chi connectivity index (χ3n) is 5.35. The van der Waals surface area contributed by atoms with Crippen LogP contribution in [0.15, 0.2) is 18.5 Å². The molecule has 6 nitrogen and oxygen atoms in total. The van der Waals surface area contributed by atoms with Gasteiger partial charge in [0.25, 0.3) is 0 Å².